The summed E-state index contributed by atoms with van der Waals surface area (Å²) in [7, 11) is 0. The smallest absolute Gasteiger partial charge is 0.123 e. The molecule has 1 aliphatic heterocycles. The second-order valence-electron chi connectivity index (χ2n) is 6.87. The summed E-state index contributed by atoms with van der Waals surface area (Å²) in [5.74, 6) is 1.79. The minimum absolute atomic E-state index is 0.217. The molecule has 0 saturated carbocycles. The zero-order valence-electron chi connectivity index (χ0n) is 12.7. The zero-order valence-corrected chi connectivity index (χ0v) is 12.7. The molecule has 1 aromatic rings. The minimum atomic E-state index is 0.217. The maximum Gasteiger partial charge on any atom is 0.123 e. The van der Waals surface area contributed by atoms with Gasteiger partial charge in [0.1, 0.15) is 11.9 Å². The summed E-state index contributed by atoms with van der Waals surface area (Å²) in [6.45, 7) is 10.1. The lowest BCUT2D eigenvalue weighted by Crippen LogP contribution is -2.38. The Morgan fingerprint density at radius 1 is 1.32 bits per heavy atom. The van der Waals surface area contributed by atoms with Crippen molar-refractivity contribution in [3.63, 3.8) is 0 Å². The maximum absolute atomic E-state index is 5.98. The minimum Gasteiger partial charge on any atom is -0.490 e. The highest BCUT2D eigenvalue weighted by molar-refractivity contribution is 5.37. The van der Waals surface area contributed by atoms with Crippen molar-refractivity contribution in [1.82, 2.24) is 5.32 Å². The molecule has 1 aliphatic rings. The molecule has 1 N–H and O–H groups in total. The highest BCUT2D eigenvalue weighted by Gasteiger charge is 2.22. The van der Waals surface area contributed by atoms with Crippen molar-refractivity contribution in [2.75, 3.05) is 6.54 Å². The Kier molecular flexibility index (Phi) is 4.51. The Morgan fingerprint density at radius 3 is 2.74 bits per heavy atom. The topological polar surface area (TPSA) is 21.3 Å². The summed E-state index contributed by atoms with van der Waals surface area (Å²) >= 11 is 0. The lowest BCUT2D eigenvalue weighted by molar-refractivity contribution is 0.207. The summed E-state index contributed by atoms with van der Waals surface area (Å²) in [4.78, 5) is 0. The second-order valence-corrected chi connectivity index (χ2v) is 6.87. The molecule has 2 unspecified atom stereocenters. The third kappa shape index (κ3) is 4.54. The van der Waals surface area contributed by atoms with Gasteiger partial charge in [0.05, 0.1) is 0 Å². The average molecular weight is 261 g/mol. The van der Waals surface area contributed by atoms with Gasteiger partial charge in [0.25, 0.3) is 0 Å². The summed E-state index contributed by atoms with van der Waals surface area (Å²) in [5, 5.41) is 3.57. The van der Waals surface area contributed by atoms with Crippen molar-refractivity contribution in [2.45, 2.75) is 58.6 Å². The first-order valence-electron chi connectivity index (χ1n) is 7.43. The second kappa shape index (κ2) is 5.96. The van der Waals surface area contributed by atoms with E-state index in [-0.39, 0.29) is 5.54 Å². The van der Waals surface area contributed by atoms with Crippen LogP contribution >= 0.6 is 0 Å². The third-order valence-electron chi connectivity index (χ3n) is 3.68. The molecular formula is C17H27NO. The number of hydrogen-bond donors (Lipinski definition) is 1. The van der Waals surface area contributed by atoms with Gasteiger partial charge < -0.3 is 10.1 Å². The predicted molar refractivity (Wildman–Crippen MR) is 80.7 cm³/mol. The summed E-state index contributed by atoms with van der Waals surface area (Å²) in [6, 6.07) is 8.41. The fraction of sp³-hybridized carbons (Fsp3) is 0.647. The van der Waals surface area contributed by atoms with E-state index >= 15 is 0 Å². The van der Waals surface area contributed by atoms with Gasteiger partial charge in [0, 0.05) is 12.0 Å². The van der Waals surface area contributed by atoms with Gasteiger partial charge in [-0.15, -0.1) is 0 Å². The number of para-hydroxylation sites is 1. The molecule has 0 aliphatic carbocycles. The Balaban J connectivity index is 1.70. The Hall–Kier alpha value is -1.02. The number of fused-ring (bicyclic) bond motifs is 1. The van der Waals surface area contributed by atoms with Crippen LogP contribution in [0.3, 0.4) is 0 Å². The molecule has 2 atom stereocenters. The molecule has 0 aromatic heterocycles. The van der Waals surface area contributed by atoms with Crippen LogP contribution in [-0.2, 0) is 6.42 Å². The molecule has 0 saturated heterocycles. The molecule has 106 valence electrons. The molecule has 0 bridgehead atoms. The first kappa shape index (κ1) is 14.4. The quantitative estimate of drug-likeness (QED) is 0.870. The predicted octanol–water partition coefficient (Wildman–Crippen LogP) is 3.79. The lowest BCUT2D eigenvalue weighted by Gasteiger charge is -2.24. The lowest BCUT2D eigenvalue weighted by atomic mass is 9.99. The van der Waals surface area contributed by atoms with Gasteiger partial charge >= 0.3 is 0 Å². The fourth-order valence-electron chi connectivity index (χ4n) is 2.47. The van der Waals surface area contributed by atoms with Gasteiger partial charge in [0.2, 0.25) is 0 Å². The summed E-state index contributed by atoms with van der Waals surface area (Å²) < 4.78 is 5.98. The van der Waals surface area contributed by atoms with Gasteiger partial charge in [-0.25, -0.2) is 0 Å². The van der Waals surface area contributed by atoms with E-state index in [2.05, 4.69) is 57.3 Å². The number of hydrogen-bond acceptors (Lipinski definition) is 2. The van der Waals surface area contributed by atoms with Crippen LogP contribution in [0.4, 0.5) is 0 Å². The van der Waals surface area contributed by atoms with Gasteiger partial charge in [-0.2, -0.15) is 0 Å². The first-order valence-corrected chi connectivity index (χ1v) is 7.43. The molecule has 0 amide bonds. The monoisotopic (exact) mass is 261 g/mol. The van der Waals surface area contributed by atoms with Crippen LogP contribution in [0.2, 0.25) is 0 Å². The van der Waals surface area contributed by atoms with Crippen molar-refractivity contribution in [3.8, 4) is 5.75 Å². The maximum atomic E-state index is 5.98. The number of benzene rings is 1. The molecule has 0 spiro atoms. The van der Waals surface area contributed by atoms with Crippen molar-refractivity contribution in [3.05, 3.63) is 29.8 Å². The number of nitrogens with one attached hydrogen (secondary N) is 1. The van der Waals surface area contributed by atoms with Gasteiger partial charge in [0.15, 0.2) is 0 Å². The van der Waals surface area contributed by atoms with Crippen LogP contribution in [0.15, 0.2) is 24.3 Å². The van der Waals surface area contributed by atoms with Gasteiger partial charge in [-0.3, -0.25) is 0 Å². The van der Waals surface area contributed by atoms with Crippen LogP contribution < -0.4 is 10.1 Å². The van der Waals surface area contributed by atoms with Crippen LogP contribution in [0.25, 0.3) is 0 Å². The molecule has 2 nitrogen and oxygen atoms in total. The van der Waals surface area contributed by atoms with E-state index in [1.165, 1.54) is 12.0 Å². The van der Waals surface area contributed by atoms with Crippen molar-refractivity contribution >= 4 is 0 Å². The molecule has 2 rings (SSSR count). The van der Waals surface area contributed by atoms with E-state index in [1.54, 1.807) is 0 Å². The van der Waals surface area contributed by atoms with Crippen LogP contribution in [-0.4, -0.2) is 18.2 Å². The van der Waals surface area contributed by atoms with E-state index < -0.39 is 0 Å². The standard InChI is InChI=1S/C17H27NO/c1-13(12-18-17(2,3)4)9-10-15-11-14-7-5-6-8-16(14)19-15/h5-8,13,15,18H,9-12H2,1-4H3. The normalized spacial score (nSPS) is 19.9. The van der Waals surface area contributed by atoms with Gasteiger partial charge in [-0.1, -0.05) is 25.1 Å². The molecule has 1 heterocycles. The zero-order chi connectivity index (χ0) is 13.9. The first-order chi connectivity index (χ1) is 8.94. The average Bonchev–Trinajstić information content (AvgIpc) is 2.75. The fourth-order valence-corrected chi connectivity index (χ4v) is 2.47. The SMILES string of the molecule is CC(CCC1Cc2ccccc2O1)CNC(C)(C)C. The largest absolute Gasteiger partial charge is 0.490 e. The van der Waals surface area contributed by atoms with E-state index in [0.717, 1.165) is 25.1 Å². The van der Waals surface area contributed by atoms with E-state index in [0.29, 0.717) is 12.0 Å². The number of ether oxygens (including phenoxy) is 1. The Morgan fingerprint density at radius 2 is 2.05 bits per heavy atom. The highest BCUT2D eigenvalue weighted by atomic mass is 16.5. The Bertz CT molecular complexity index is 383. The molecule has 19 heavy (non-hydrogen) atoms. The van der Waals surface area contributed by atoms with Crippen molar-refractivity contribution < 1.29 is 4.74 Å². The third-order valence-corrected chi connectivity index (χ3v) is 3.68. The van der Waals surface area contributed by atoms with Gasteiger partial charge in [-0.05, 0) is 57.7 Å². The molecular weight excluding hydrogens is 234 g/mol. The summed E-state index contributed by atoms with van der Waals surface area (Å²) in [6.07, 6.45) is 3.84. The number of rotatable bonds is 5. The van der Waals surface area contributed by atoms with E-state index in [4.69, 9.17) is 4.74 Å². The molecule has 1 aromatic carbocycles. The molecule has 0 fully saturated rings. The Labute approximate surface area is 117 Å². The van der Waals surface area contributed by atoms with E-state index in [9.17, 15) is 0 Å². The van der Waals surface area contributed by atoms with Crippen molar-refractivity contribution in [2.24, 2.45) is 5.92 Å². The molecule has 0 radical (unpaired) electrons. The van der Waals surface area contributed by atoms with E-state index in [1.807, 2.05) is 0 Å². The van der Waals surface area contributed by atoms with Crippen LogP contribution in [0.5, 0.6) is 5.75 Å². The van der Waals surface area contributed by atoms with Crippen LogP contribution in [0.1, 0.15) is 46.1 Å². The summed E-state index contributed by atoms with van der Waals surface area (Å²) in [5.41, 5.74) is 1.59. The molecule has 2 heteroatoms. The highest BCUT2D eigenvalue weighted by Crippen LogP contribution is 2.30. The van der Waals surface area contributed by atoms with Crippen molar-refractivity contribution in [1.29, 1.82) is 0 Å². The van der Waals surface area contributed by atoms with Crippen LogP contribution in [0, 0.1) is 5.92 Å².